The van der Waals surface area contributed by atoms with Gasteiger partial charge in [0, 0.05) is 10.4 Å². The minimum Gasteiger partial charge on any atom is -0.344 e. The minimum absolute atomic E-state index is 0.0626. The highest BCUT2D eigenvalue weighted by atomic mass is 35.5. The predicted molar refractivity (Wildman–Crippen MR) is 94.7 cm³/mol. The Bertz CT molecular complexity index is 1040. The fourth-order valence-electron chi connectivity index (χ4n) is 2.50. The molecule has 0 spiro atoms. The van der Waals surface area contributed by atoms with Gasteiger partial charge in [-0.05, 0) is 30.7 Å². The number of rotatable bonds is 3. The van der Waals surface area contributed by atoms with E-state index >= 15 is 0 Å². The van der Waals surface area contributed by atoms with Crippen molar-refractivity contribution in [3.05, 3.63) is 73.9 Å². The summed E-state index contributed by atoms with van der Waals surface area (Å²) in [5.74, 6) is -1.15. The number of halogens is 3. The molecule has 2 N–H and O–H groups in total. The van der Waals surface area contributed by atoms with Crippen molar-refractivity contribution in [2.45, 2.75) is 13.0 Å². The molecule has 0 unspecified atom stereocenters. The molecule has 3 aromatic rings. The third-order valence-corrected chi connectivity index (χ3v) is 4.38. The number of aromatic nitrogens is 2. The van der Waals surface area contributed by atoms with Crippen molar-refractivity contribution in [2.24, 2.45) is 0 Å². The Balaban J connectivity index is 1.94. The van der Waals surface area contributed by atoms with Gasteiger partial charge in [0.25, 0.3) is 11.5 Å². The Morgan fingerprint density at radius 3 is 2.60 bits per heavy atom. The Hall–Kier alpha value is -2.44. The van der Waals surface area contributed by atoms with E-state index in [1.807, 2.05) is 0 Å². The quantitative estimate of drug-likeness (QED) is 0.678. The Morgan fingerprint density at radius 2 is 1.88 bits per heavy atom. The van der Waals surface area contributed by atoms with Crippen LogP contribution in [0.15, 0.2) is 41.2 Å². The normalized spacial score (nSPS) is 12.2. The van der Waals surface area contributed by atoms with Crippen molar-refractivity contribution >= 4 is 39.9 Å². The van der Waals surface area contributed by atoms with Crippen molar-refractivity contribution in [2.75, 3.05) is 0 Å². The molecule has 1 amide bonds. The van der Waals surface area contributed by atoms with Gasteiger partial charge in [0.1, 0.15) is 5.82 Å². The fraction of sp³-hybridized carbons (Fsp3) is 0.118. The smallest absolute Gasteiger partial charge is 0.272 e. The van der Waals surface area contributed by atoms with Crippen molar-refractivity contribution in [3.63, 3.8) is 0 Å². The van der Waals surface area contributed by atoms with Crippen molar-refractivity contribution in [1.82, 2.24) is 15.5 Å². The van der Waals surface area contributed by atoms with Gasteiger partial charge in [0.15, 0.2) is 5.69 Å². The molecule has 0 aliphatic rings. The van der Waals surface area contributed by atoms with Crippen LogP contribution in [0.3, 0.4) is 0 Å². The largest absolute Gasteiger partial charge is 0.344 e. The lowest BCUT2D eigenvalue weighted by Crippen LogP contribution is -2.29. The summed E-state index contributed by atoms with van der Waals surface area (Å²) in [6, 6.07) is 8.48. The number of nitrogens with one attached hydrogen (secondary N) is 2. The average molecular weight is 380 g/mol. The number of hydrogen-bond donors (Lipinski definition) is 2. The van der Waals surface area contributed by atoms with Crippen LogP contribution in [0, 0.1) is 5.82 Å². The molecular formula is C17H12Cl2FN3O2. The van der Waals surface area contributed by atoms with Crippen LogP contribution in [-0.2, 0) is 0 Å². The second-order valence-electron chi connectivity index (χ2n) is 5.43. The second kappa shape index (κ2) is 6.82. The summed E-state index contributed by atoms with van der Waals surface area (Å²) in [5, 5.41) is 9.73. The lowest BCUT2D eigenvalue weighted by molar-refractivity contribution is 0.0935. The van der Waals surface area contributed by atoms with Crippen LogP contribution < -0.4 is 10.9 Å². The standard InChI is InChI=1S/C17H12Cl2FN3O2/c1-8(11-6-14(20)13(19)7-12(11)18)21-17(25)15-9-4-2-3-5-10(9)16(24)23-22-15/h2-8H,1H3,(H,21,25)(H,23,24)/t8-/m1/s1. The van der Waals surface area contributed by atoms with E-state index in [-0.39, 0.29) is 21.3 Å². The zero-order valence-corrected chi connectivity index (χ0v) is 14.5. The van der Waals surface area contributed by atoms with Gasteiger partial charge in [-0.15, -0.1) is 0 Å². The molecule has 0 aliphatic carbocycles. The molecule has 1 aromatic heterocycles. The average Bonchev–Trinajstić information content (AvgIpc) is 2.58. The van der Waals surface area contributed by atoms with E-state index in [2.05, 4.69) is 15.5 Å². The number of carbonyl (C=O) groups excluding carboxylic acids is 1. The molecule has 0 aliphatic heterocycles. The lowest BCUT2D eigenvalue weighted by Gasteiger charge is -2.16. The number of hydrogen-bond acceptors (Lipinski definition) is 3. The van der Waals surface area contributed by atoms with Gasteiger partial charge in [0.2, 0.25) is 0 Å². The van der Waals surface area contributed by atoms with E-state index in [0.29, 0.717) is 16.3 Å². The number of fused-ring (bicyclic) bond motifs is 1. The lowest BCUT2D eigenvalue weighted by atomic mass is 10.1. The Morgan fingerprint density at radius 1 is 1.20 bits per heavy atom. The maximum Gasteiger partial charge on any atom is 0.272 e. The van der Waals surface area contributed by atoms with Gasteiger partial charge >= 0.3 is 0 Å². The molecular weight excluding hydrogens is 368 g/mol. The van der Waals surface area contributed by atoms with Crippen LogP contribution in [-0.4, -0.2) is 16.1 Å². The third-order valence-electron chi connectivity index (χ3n) is 3.76. The summed E-state index contributed by atoms with van der Waals surface area (Å²) in [7, 11) is 0. The third kappa shape index (κ3) is 3.36. The number of nitrogens with zero attached hydrogens (tertiary/aromatic N) is 1. The number of benzene rings is 2. The number of aromatic amines is 1. The van der Waals surface area contributed by atoms with Gasteiger partial charge in [-0.2, -0.15) is 5.10 Å². The number of H-pyrrole nitrogens is 1. The van der Waals surface area contributed by atoms with Crippen LogP contribution in [0.1, 0.15) is 29.0 Å². The molecule has 0 saturated heterocycles. The van der Waals surface area contributed by atoms with Crippen LogP contribution >= 0.6 is 23.2 Å². The molecule has 0 bridgehead atoms. The molecule has 0 radical (unpaired) electrons. The van der Waals surface area contributed by atoms with Crippen LogP contribution in [0.25, 0.3) is 10.8 Å². The van der Waals surface area contributed by atoms with Crippen molar-refractivity contribution < 1.29 is 9.18 Å². The Kier molecular flexibility index (Phi) is 4.74. The van der Waals surface area contributed by atoms with Gasteiger partial charge in [-0.3, -0.25) is 9.59 Å². The van der Waals surface area contributed by atoms with Gasteiger partial charge in [-0.25, -0.2) is 9.49 Å². The summed E-state index contributed by atoms with van der Waals surface area (Å²) < 4.78 is 13.7. The molecule has 1 heterocycles. The monoisotopic (exact) mass is 379 g/mol. The van der Waals surface area contributed by atoms with Gasteiger partial charge in [0.05, 0.1) is 16.5 Å². The molecule has 3 rings (SSSR count). The second-order valence-corrected chi connectivity index (χ2v) is 6.24. The van der Waals surface area contributed by atoms with Crippen molar-refractivity contribution in [3.8, 4) is 0 Å². The van der Waals surface area contributed by atoms with Crippen LogP contribution in [0.4, 0.5) is 4.39 Å². The van der Waals surface area contributed by atoms with E-state index in [4.69, 9.17) is 23.2 Å². The Labute approximate surface area is 151 Å². The van der Waals surface area contributed by atoms with E-state index in [0.717, 1.165) is 0 Å². The fourth-order valence-corrected chi connectivity index (χ4v) is 3.05. The predicted octanol–water partition coefficient (Wildman–Crippen LogP) is 3.86. The van der Waals surface area contributed by atoms with Crippen molar-refractivity contribution in [1.29, 1.82) is 0 Å². The minimum atomic E-state index is -0.630. The molecule has 25 heavy (non-hydrogen) atoms. The molecule has 0 fully saturated rings. The number of amides is 1. The van der Waals surface area contributed by atoms with E-state index in [9.17, 15) is 14.0 Å². The first-order valence-electron chi connectivity index (χ1n) is 7.31. The summed E-state index contributed by atoms with van der Waals surface area (Å²) in [6.07, 6.45) is 0. The topological polar surface area (TPSA) is 74.8 Å². The molecule has 8 heteroatoms. The maximum atomic E-state index is 13.7. The van der Waals surface area contributed by atoms with E-state index in [1.54, 1.807) is 31.2 Å². The maximum absolute atomic E-state index is 13.7. The van der Waals surface area contributed by atoms with Crippen LogP contribution in [0.2, 0.25) is 10.0 Å². The first kappa shape index (κ1) is 17.4. The van der Waals surface area contributed by atoms with E-state index < -0.39 is 17.8 Å². The first-order valence-corrected chi connectivity index (χ1v) is 8.07. The van der Waals surface area contributed by atoms with Gasteiger partial charge < -0.3 is 5.32 Å². The summed E-state index contributed by atoms with van der Waals surface area (Å²) in [6.45, 7) is 1.65. The summed E-state index contributed by atoms with van der Waals surface area (Å²) in [5.41, 5.74) is 0.0567. The molecule has 128 valence electrons. The van der Waals surface area contributed by atoms with E-state index in [1.165, 1.54) is 12.1 Å². The molecule has 5 nitrogen and oxygen atoms in total. The first-order chi connectivity index (χ1) is 11.9. The van der Waals surface area contributed by atoms with Gasteiger partial charge in [-0.1, -0.05) is 41.4 Å². The number of carbonyl (C=O) groups is 1. The molecule has 1 atom stereocenters. The van der Waals surface area contributed by atoms with Crippen LogP contribution in [0.5, 0.6) is 0 Å². The highest BCUT2D eigenvalue weighted by Gasteiger charge is 2.19. The molecule has 2 aromatic carbocycles. The molecule has 0 saturated carbocycles. The highest BCUT2D eigenvalue weighted by molar-refractivity contribution is 6.35. The zero-order valence-electron chi connectivity index (χ0n) is 12.9. The highest BCUT2D eigenvalue weighted by Crippen LogP contribution is 2.28. The summed E-state index contributed by atoms with van der Waals surface area (Å²) >= 11 is 11.8. The SMILES string of the molecule is C[C@@H](NC(=O)c1n[nH]c(=O)c2ccccc12)c1cc(F)c(Cl)cc1Cl. The zero-order chi connectivity index (χ0) is 18.1. The summed E-state index contributed by atoms with van der Waals surface area (Å²) in [4.78, 5) is 24.3.